The third kappa shape index (κ3) is 3.70. The number of carbonyl (C=O) groups excluding carboxylic acids is 2. The predicted octanol–water partition coefficient (Wildman–Crippen LogP) is 3.32. The molecule has 2 aromatic carbocycles. The van der Waals surface area contributed by atoms with Crippen molar-refractivity contribution >= 4 is 48.3 Å². The Labute approximate surface area is 178 Å². The van der Waals surface area contributed by atoms with Crippen molar-refractivity contribution in [1.82, 2.24) is 9.88 Å². The summed E-state index contributed by atoms with van der Waals surface area (Å²) in [6, 6.07) is 11.4. The lowest BCUT2D eigenvalue weighted by molar-refractivity contribution is -0.122. The van der Waals surface area contributed by atoms with Gasteiger partial charge >= 0.3 is 0 Å². The zero-order valence-corrected chi connectivity index (χ0v) is 18.4. The fourth-order valence-electron chi connectivity index (χ4n) is 3.67. The minimum atomic E-state index is -3.33. The summed E-state index contributed by atoms with van der Waals surface area (Å²) in [4.78, 5) is 32.1. The lowest BCUT2D eigenvalue weighted by Gasteiger charge is -2.29. The molecular formula is C21H21N3O4S2. The number of benzene rings is 2. The number of rotatable bonds is 5. The van der Waals surface area contributed by atoms with Gasteiger partial charge < -0.3 is 10.2 Å². The number of carbonyl (C=O) groups is 2. The quantitative estimate of drug-likeness (QED) is 0.653. The molecule has 156 valence electrons. The fraction of sp³-hybridized carbons (Fsp3) is 0.286. The molecular weight excluding hydrogens is 422 g/mol. The van der Waals surface area contributed by atoms with E-state index in [0.29, 0.717) is 27.5 Å². The molecule has 4 rings (SSSR count). The van der Waals surface area contributed by atoms with Crippen molar-refractivity contribution in [1.29, 1.82) is 0 Å². The molecule has 30 heavy (non-hydrogen) atoms. The molecule has 0 saturated heterocycles. The van der Waals surface area contributed by atoms with Crippen LogP contribution in [0.4, 0.5) is 5.13 Å². The van der Waals surface area contributed by atoms with Crippen LogP contribution in [0.25, 0.3) is 10.2 Å². The monoisotopic (exact) mass is 443 g/mol. The number of anilines is 1. The maximum absolute atomic E-state index is 13.1. The molecule has 7 nitrogen and oxygen atoms in total. The summed E-state index contributed by atoms with van der Waals surface area (Å²) in [7, 11) is -3.33. The van der Waals surface area contributed by atoms with Crippen LogP contribution >= 0.6 is 11.3 Å². The van der Waals surface area contributed by atoms with Gasteiger partial charge in [-0.25, -0.2) is 13.4 Å². The van der Waals surface area contributed by atoms with E-state index in [4.69, 9.17) is 0 Å². The summed E-state index contributed by atoms with van der Waals surface area (Å²) in [5.41, 5.74) is 2.15. The van der Waals surface area contributed by atoms with E-state index >= 15 is 0 Å². The Morgan fingerprint density at radius 2 is 1.93 bits per heavy atom. The molecule has 1 aliphatic rings. The Morgan fingerprint density at radius 1 is 1.20 bits per heavy atom. The maximum atomic E-state index is 13.1. The van der Waals surface area contributed by atoms with E-state index in [1.807, 2.05) is 32.0 Å². The summed E-state index contributed by atoms with van der Waals surface area (Å²) in [5, 5.41) is 3.19. The molecule has 0 unspecified atom stereocenters. The van der Waals surface area contributed by atoms with Crippen molar-refractivity contribution in [2.24, 2.45) is 5.92 Å². The van der Waals surface area contributed by atoms with Gasteiger partial charge in [0.25, 0.3) is 5.91 Å². The number of aromatic nitrogens is 1. The normalized spacial score (nSPS) is 14.9. The Kier molecular flexibility index (Phi) is 5.11. The van der Waals surface area contributed by atoms with E-state index in [-0.39, 0.29) is 22.6 Å². The Balaban J connectivity index is 1.59. The van der Waals surface area contributed by atoms with Gasteiger partial charge in [0.05, 0.1) is 15.1 Å². The smallest absolute Gasteiger partial charge is 0.255 e. The van der Waals surface area contributed by atoms with Crippen molar-refractivity contribution in [2.45, 2.75) is 31.3 Å². The Bertz CT molecular complexity index is 1260. The summed E-state index contributed by atoms with van der Waals surface area (Å²) in [5.74, 6) is -0.565. The summed E-state index contributed by atoms with van der Waals surface area (Å²) < 4.78 is 24.2. The number of fused-ring (bicyclic) bond motifs is 2. The van der Waals surface area contributed by atoms with Gasteiger partial charge in [0.1, 0.15) is 6.04 Å². The highest BCUT2D eigenvalue weighted by Gasteiger charge is 2.38. The molecule has 1 N–H and O–H groups in total. The van der Waals surface area contributed by atoms with Crippen LogP contribution in [0.15, 0.2) is 47.4 Å². The molecule has 9 heteroatoms. The van der Waals surface area contributed by atoms with E-state index in [1.54, 1.807) is 23.1 Å². The highest BCUT2D eigenvalue weighted by molar-refractivity contribution is 7.90. The second kappa shape index (κ2) is 7.48. The van der Waals surface area contributed by atoms with Crippen molar-refractivity contribution < 1.29 is 18.0 Å². The van der Waals surface area contributed by atoms with Crippen LogP contribution in [0.3, 0.4) is 0 Å². The summed E-state index contributed by atoms with van der Waals surface area (Å²) >= 11 is 1.20. The molecule has 0 bridgehead atoms. The first-order valence-corrected chi connectivity index (χ1v) is 12.2. The molecule has 1 atom stereocenters. The van der Waals surface area contributed by atoms with Gasteiger partial charge in [0.15, 0.2) is 15.0 Å². The van der Waals surface area contributed by atoms with Crippen molar-refractivity contribution in [3.05, 3.63) is 53.6 Å². The first-order valence-electron chi connectivity index (χ1n) is 9.45. The molecule has 3 aromatic rings. The third-order valence-corrected chi connectivity index (χ3v) is 7.15. The van der Waals surface area contributed by atoms with Crippen LogP contribution in [0.5, 0.6) is 0 Å². The van der Waals surface area contributed by atoms with Gasteiger partial charge in [-0.1, -0.05) is 43.4 Å². The molecule has 0 fully saturated rings. The first-order chi connectivity index (χ1) is 14.1. The Hall–Kier alpha value is -2.78. The van der Waals surface area contributed by atoms with E-state index in [9.17, 15) is 18.0 Å². The van der Waals surface area contributed by atoms with Crippen LogP contribution in [0.2, 0.25) is 0 Å². The molecule has 1 aromatic heterocycles. The second-order valence-corrected chi connectivity index (χ2v) is 10.7. The van der Waals surface area contributed by atoms with Crippen molar-refractivity contribution in [3.8, 4) is 0 Å². The van der Waals surface area contributed by atoms with E-state index in [2.05, 4.69) is 10.3 Å². The van der Waals surface area contributed by atoms with Gasteiger partial charge in [-0.3, -0.25) is 9.59 Å². The minimum absolute atomic E-state index is 0.102. The Morgan fingerprint density at radius 3 is 2.60 bits per heavy atom. The molecule has 1 aliphatic heterocycles. The average Bonchev–Trinajstić information content (AvgIpc) is 3.21. The lowest BCUT2D eigenvalue weighted by Crippen LogP contribution is -2.47. The number of hydrogen-bond donors (Lipinski definition) is 1. The van der Waals surface area contributed by atoms with Gasteiger partial charge in [-0.05, 0) is 35.7 Å². The third-order valence-electron chi connectivity index (χ3n) is 5.10. The van der Waals surface area contributed by atoms with Gasteiger partial charge in [-0.15, -0.1) is 0 Å². The minimum Gasteiger partial charge on any atom is -0.322 e. The topological polar surface area (TPSA) is 96.4 Å². The predicted molar refractivity (Wildman–Crippen MR) is 116 cm³/mol. The highest BCUT2D eigenvalue weighted by Crippen LogP contribution is 2.30. The van der Waals surface area contributed by atoms with Crippen LogP contribution in [-0.4, -0.2) is 42.4 Å². The number of hydrogen-bond acceptors (Lipinski definition) is 6. The number of nitrogens with zero attached hydrogens (tertiary/aromatic N) is 2. The van der Waals surface area contributed by atoms with E-state index < -0.39 is 15.9 Å². The number of sulfone groups is 1. The van der Waals surface area contributed by atoms with Crippen LogP contribution in [0, 0.1) is 5.92 Å². The lowest BCUT2D eigenvalue weighted by atomic mass is 10.0. The standard InChI is InChI=1S/C21H21N3O4S2/c1-12(2)18(24-11-13-6-4-5-7-15(13)20(24)26)19(25)23-21-22-16-9-8-14(30(3,27)28)10-17(16)29-21/h4-10,12,18H,11H2,1-3H3,(H,22,23,25)/t18-/m0/s1. The molecule has 0 spiro atoms. The van der Waals surface area contributed by atoms with Gasteiger partial charge in [0.2, 0.25) is 5.91 Å². The largest absolute Gasteiger partial charge is 0.322 e. The molecule has 2 amide bonds. The maximum Gasteiger partial charge on any atom is 0.255 e. The molecule has 0 saturated carbocycles. The summed E-state index contributed by atoms with van der Waals surface area (Å²) in [6.45, 7) is 4.19. The average molecular weight is 444 g/mol. The van der Waals surface area contributed by atoms with Gasteiger partial charge in [-0.2, -0.15) is 0 Å². The van der Waals surface area contributed by atoms with E-state index in [1.165, 1.54) is 17.4 Å². The molecule has 0 radical (unpaired) electrons. The number of thiazole rings is 1. The van der Waals surface area contributed by atoms with Crippen LogP contribution in [0.1, 0.15) is 29.8 Å². The van der Waals surface area contributed by atoms with Gasteiger partial charge in [0, 0.05) is 18.4 Å². The summed E-state index contributed by atoms with van der Waals surface area (Å²) in [6.07, 6.45) is 1.15. The number of amides is 2. The van der Waals surface area contributed by atoms with Crippen molar-refractivity contribution in [2.75, 3.05) is 11.6 Å². The first kappa shape index (κ1) is 20.5. The van der Waals surface area contributed by atoms with E-state index in [0.717, 1.165) is 11.8 Å². The second-order valence-electron chi connectivity index (χ2n) is 7.69. The zero-order valence-electron chi connectivity index (χ0n) is 16.7. The fourth-order valence-corrected chi connectivity index (χ4v) is 5.30. The van der Waals surface area contributed by atoms with Crippen molar-refractivity contribution in [3.63, 3.8) is 0 Å². The van der Waals surface area contributed by atoms with Crippen LogP contribution in [-0.2, 0) is 21.2 Å². The number of nitrogens with one attached hydrogen (secondary N) is 1. The zero-order chi connectivity index (χ0) is 21.6. The highest BCUT2D eigenvalue weighted by atomic mass is 32.2. The molecule has 0 aliphatic carbocycles. The SMILES string of the molecule is CC(C)[C@@H](C(=O)Nc1nc2ccc(S(C)(=O)=O)cc2s1)N1Cc2ccccc2C1=O. The van der Waals surface area contributed by atoms with Crippen LogP contribution < -0.4 is 5.32 Å². The molecule has 2 heterocycles.